The van der Waals surface area contributed by atoms with Gasteiger partial charge in [-0.2, -0.15) is 0 Å². The predicted octanol–water partition coefficient (Wildman–Crippen LogP) is 3.58. The highest BCUT2D eigenvalue weighted by Gasteiger charge is 2.22. The molecule has 1 aromatic carbocycles. The van der Waals surface area contributed by atoms with Crippen molar-refractivity contribution in [2.24, 2.45) is 0 Å². The summed E-state index contributed by atoms with van der Waals surface area (Å²) in [4.78, 5) is 21.2. The number of nitrogens with zero attached hydrogens (tertiary/aromatic N) is 3. The van der Waals surface area contributed by atoms with E-state index < -0.39 is 0 Å². The molecule has 1 N–H and O–H groups in total. The van der Waals surface area contributed by atoms with Gasteiger partial charge >= 0.3 is 0 Å². The summed E-state index contributed by atoms with van der Waals surface area (Å²) in [7, 11) is 3.77. The number of hydrogen-bond acceptors (Lipinski definition) is 5. The molecule has 2 aromatic rings. The molecule has 152 valence electrons. The standard InChI is InChI=1S/C22H30N4O2.H2/c1-4-5-14-28-20-9-6-17(7-10-20)22(27)25(3)19-8-11-21(24-15-19)26-13-12-18(16-26)23-2;/h6-11,15,18,23H,4-5,12-14,16H2,1-3H3;1H. The van der Waals surface area contributed by atoms with Crippen LogP contribution in [-0.2, 0) is 0 Å². The lowest BCUT2D eigenvalue weighted by Crippen LogP contribution is -2.30. The number of likely N-dealkylation sites (N-methyl/N-ethyl adjacent to an activating group) is 1. The number of pyridine rings is 1. The Morgan fingerprint density at radius 1 is 1.32 bits per heavy atom. The zero-order valence-electron chi connectivity index (χ0n) is 17.0. The maximum atomic E-state index is 12.8. The highest BCUT2D eigenvalue weighted by molar-refractivity contribution is 6.05. The highest BCUT2D eigenvalue weighted by atomic mass is 16.5. The summed E-state index contributed by atoms with van der Waals surface area (Å²) in [6, 6.07) is 11.8. The van der Waals surface area contributed by atoms with Crippen LogP contribution in [0.3, 0.4) is 0 Å². The lowest BCUT2D eigenvalue weighted by Gasteiger charge is -2.20. The van der Waals surface area contributed by atoms with Crippen molar-refractivity contribution < 1.29 is 11.0 Å². The quantitative estimate of drug-likeness (QED) is 0.705. The number of anilines is 2. The highest BCUT2D eigenvalue weighted by Crippen LogP contribution is 2.22. The van der Waals surface area contributed by atoms with Crippen LogP contribution in [0.2, 0.25) is 0 Å². The zero-order chi connectivity index (χ0) is 19.9. The number of ether oxygens (including phenoxy) is 1. The van der Waals surface area contributed by atoms with Crippen LogP contribution in [0.4, 0.5) is 11.5 Å². The van der Waals surface area contributed by atoms with Gasteiger partial charge in [-0.25, -0.2) is 4.98 Å². The fourth-order valence-electron chi connectivity index (χ4n) is 3.31. The van der Waals surface area contributed by atoms with Gasteiger partial charge < -0.3 is 19.9 Å². The van der Waals surface area contributed by atoms with Gasteiger partial charge in [0.05, 0.1) is 18.5 Å². The molecule has 0 radical (unpaired) electrons. The normalized spacial score (nSPS) is 16.2. The number of aromatic nitrogens is 1. The summed E-state index contributed by atoms with van der Waals surface area (Å²) in [5, 5.41) is 3.31. The van der Waals surface area contributed by atoms with E-state index in [1.807, 2.05) is 43.4 Å². The Hall–Kier alpha value is -2.60. The van der Waals surface area contributed by atoms with E-state index in [0.29, 0.717) is 18.2 Å². The minimum Gasteiger partial charge on any atom is -0.494 e. The molecule has 1 aliphatic heterocycles. The summed E-state index contributed by atoms with van der Waals surface area (Å²) in [6.45, 7) is 4.80. The summed E-state index contributed by atoms with van der Waals surface area (Å²) in [5.74, 6) is 1.69. The van der Waals surface area contributed by atoms with Crippen LogP contribution in [0.1, 0.15) is 38.0 Å². The zero-order valence-corrected chi connectivity index (χ0v) is 17.0. The van der Waals surface area contributed by atoms with Gasteiger partial charge in [0.25, 0.3) is 5.91 Å². The average molecular weight is 385 g/mol. The lowest BCUT2D eigenvalue weighted by atomic mass is 10.2. The van der Waals surface area contributed by atoms with Gasteiger partial charge in [0, 0.05) is 33.2 Å². The molecule has 1 atom stereocenters. The fourth-order valence-corrected chi connectivity index (χ4v) is 3.31. The number of benzene rings is 1. The van der Waals surface area contributed by atoms with Gasteiger partial charge in [0.2, 0.25) is 0 Å². The molecule has 0 saturated carbocycles. The predicted molar refractivity (Wildman–Crippen MR) is 116 cm³/mol. The van der Waals surface area contributed by atoms with Crippen LogP contribution >= 0.6 is 0 Å². The minimum absolute atomic E-state index is 0. The van der Waals surface area contributed by atoms with Crippen molar-refractivity contribution in [2.75, 3.05) is 43.6 Å². The maximum absolute atomic E-state index is 12.8. The molecule has 2 heterocycles. The SMILES string of the molecule is CCCCOc1ccc(C(=O)N(C)c2ccc(N3CCC(NC)C3)nc2)cc1.[HH]. The van der Waals surface area contributed by atoms with Gasteiger partial charge in [-0.05, 0) is 56.3 Å². The number of carbonyl (C=O) groups excluding carboxylic acids is 1. The van der Waals surface area contributed by atoms with E-state index in [2.05, 4.69) is 22.1 Å². The Morgan fingerprint density at radius 3 is 2.71 bits per heavy atom. The first-order chi connectivity index (χ1) is 13.6. The first-order valence-corrected chi connectivity index (χ1v) is 10.0. The van der Waals surface area contributed by atoms with Crippen molar-refractivity contribution in [3.05, 3.63) is 48.2 Å². The number of rotatable bonds is 8. The van der Waals surface area contributed by atoms with Crippen molar-refractivity contribution in [2.45, 2.75) is 32.2 Å². The van der Waals surface area contributed by atoms with Gasteiger partial charge in [-0.1, -0.05) is 13.3 Å². The van der Waals surface area contributed by atoms with Crippen molar-refractivity contribution in [1.29, 1.82) is 0 Å². The first-order valence-electron chi connectivity index (χ1n) is 10.0. The molecule has 0 aliphatic carbocycles. The molecule has 28 heavy (non-hydrogen) atoms. The number of amides is 1. The van der Waals surface area contributed by atoms with Gasteiger partial charge in [0.1, 0.15) is 11.6 Å². The largest absolute Gasteiger partial charge is 0.494 e. The summed E-state index contributed by atoms with van der Waals surface area (Å²) >= 11 is 0. The smallest absolute Gasteiger partial charge is 0.258 e. The summed E-state index contributed by atoms with van der Waals surface area (Å²) in [5.41, 5.74) is 1.41. The number of hydrogen-bond donors (Lipinski definition) is 1. The average Bonchev–Trinajstić information content (AvgIpc) is 3.23. The lowest BCUT2D eigenvalue weighted by molar-refractivity contribution is 0.0993. The first kappa shape index (κ1) is 20.1. The topological polar surface area (TPSA) is 57.7 Å². The second-order valence-corrected chi connectivity index (χ2v) is 7.19. The van der Waals surface area contributed by atoms with E-state index in [1.54, 1.807) is 18.1 Å². The van der Waals surface area contributed by atoms with Gasteiger partial charge in [-0.3, -0.25) is 4.79 Å². The monoisotopic (exact) mass is 384 g/mol. The summed E-state index contributed by atoms with van der Waals surface area (Å²) < 4.78 is 5.66. The van der Waals surface area contributed by atoms with E-state index in [0.717, 1.165) is 49.6 Å². The van der Waals surface area contributed by atoms with Crippen LogP contribution in [0, 0.1) is 0 Å². The summed E-state index contributed by atoms with van der Waals surface area (Å²) in [6.07, 6.45) is 5.01. The van der Waals surface area contributed by atoms with Gasteiger partial charge in [-0.15, -0.1) is 0 Å². The van der Waals surface area contributed by atoms with Crippen LogP contribution in [-0.4, -0.2) is 50.7 Å². The molecule has 1 aromatic heterocycles. The molecule has 6 heteroatoms. The molecule has 3 rings (SSSR count). The van der Waals surface area contributed by atoms with Crippen molar-refractivity contribution >= 4 is 17.4 Å². The Kier molecular flexibility index (Phi) is 6.87. The Balaban J connectivity index is 0.00000300. The van der Waals surface area contributed by atoms with Crippen LogP contribution in [0.5, 0.6) is 5.75 Å². The van der Waals surface area contributed by atoms with Crippen molar-refractivity contribution in [1.82, 2.24) is 10.3 Å². The minimum atomic E-state index is -0.0638. The van der Waals surface area contributed by atoms with E-state index in [1.165, 1.54) is 0 Å². The molecule has 1 aliphatic rings. The van der Waals surface area contributed by atoms with E-state index in [4.69, 9.17) is 4.74 Å². The molecule has 1 fully saturated rings. The third-order valence-electron chi connectivity index (χ3n) is 5.21. The van der Waals surface area contributed by atoms with E-state index in [9.17, 15) is 4.79 Å². The van der Waals surface area contributed by atoms with Gasteiger partial charge in [0.15, 0.2) is 0 Å². The molecule has 6 nitrogen and oxygen atoms in total. The number of carbonyl (C=O) groups is 1. The third kappa shape index (κ3) is 4.81. The third-order valence-corrected chi connectivity index (χ3v) is 5.21. The molecule has 0 spiro atoms. The van der Waals surface area contributed by atoms with Crippen molar-refractivity contribution in [3.8, 4) is 5.75 Å². The molecule has 1 saturated heterocycles. The second kappa shape index (κ2) is 9.55. The fraction of sp³-hybridized carbons (Fsp3) is 0.455. The Bertz CT molecular complexity index is 767. The number of unbranched alkanes of at least 4 members (excludes halogenated alkanes) is 1. The van der Waals surface area contributed by atoms with E-state index >= 15 is 0 Å². The Labute approximate surface area is 169 Å². The van der Waals surface area contributed by atoms with E-state index in [-0.39, 0.29) is 7.33 Å². The number of nitrogens with one attached hydrogen (secondary N) is 1. The molecular formula is C22H32N4O2. The second-order valence-electron chi connectivity index (χ2n) is 7.19. The molecule has 1 unspecified atom stereocenters. The maximum Gasteiger partial charge on any atom is 0.258 e. The van der Waals surface area contributed by atoms with Crippen LogP contribution in [0.15, 0.2) is 42.6 Å². The molecule has 1 amide bonds. The van der Waals surface area contributed by atoms with Crippen LogP contribution < -0.4 is 19.9 Å². The van der Waals surface area contributed by atoms with Crippen molar-refractivity contribution in [3.63, 3.8) is 0 Å². The molecular weight excluding hydrogens is 352 g/mol. The van der Waals surface area contributed by atoms with Crippen LogP contribution in [0.25, 0.3) is 0 Å². The Morgan fingerprint density at radius 2 is 2.11 bits per heavy atom. The molecule has 0 bridgehead atoms.